The lowest BCUT2D eigenvalue weighted by molar-refractivity contribution is -0.0954. The van der Waals surface area contributed by atoms with Gasteiger partial charge in [-0.15, -0.1) is 0 Å². The van der Waals surface area contributed by atoms with Gasteiger partial charge in [0.15, 0.2) is 0 Å². The molecular formula is C17H31NO. The summed E-state index contributed by atoms with van der Waals surface area (Å²) in [5.41, 5.74) is 7.17. The van der Waals surface area contributed by atoms with Gasteiger partial charge in [0, 0.05) is 6.04 Å². The zero-order valence-electron chi connectivity index (χ0n) is 13.0. The molecule has 2 bridgehead atoms. The Morgan fingerprint density at radius 3 is 2.37 bits per heavy atom. The quantitative estimate of drug-likeness (QED) is 0.769. The molecule has 0 amide bonds. The van der Waals surface area contributed by atoms with Gasteiger partial charge in [0.25, 0.3) is 0 Å². The molecule has 0 aromatic rings. The third kappa shape index (κ3) is 2.06. The second-order valence-corrected chi connectivity index (χ2v) is 8.08. The van der Waals surface area contributed by atoms with E-state index in [9.17, 15) is 0 Å². The Hall–Kier alpha value is -0.0800. The minimum atomic E-state index is 0.272. The summed E-state index contributed by atoms with van der Waals surface area (Å²) in [5.74, 6) is 0.865. The van der Waals surface area contributed by atoms with E-state index in [0.29, 0.717) is 23.0 Å². The summed E-state index contributed by atoms with van der Waals surface area (Å²) >= 11 is 0. The molecule has 0 aromatic heterocycles. The third-order valence-electron chi connectivity index (χ3n) is 7.06. The van der Waals surface area contributed by atoms with Crippen LogP contribution in [0.1, 0.15) is 72.1 Å². The van der Waals surface area contributed by atoms with Crippen molar-refractivity contribution in [1.29, 1.82) is 0 Å². The van der Waals surface area contributed by atoms with E-state index in [2.05, 4.69) is 20.8 Å². The van der Waals surface area contributed by atoms with Crippen LogP contribution in [0.4, 0.5) is 0 Å². The predicted octanol–water partition coefficient (Wildman–Crippen LogP) is 3.88. The average molecular weight is 265 g/mol. The smallest absolute Gasteiger partial charge is 0.0729 e. The van der Waals surface area contributed by atoms with E-state index in [-0.39, 0.29) is 6.04 Å². The topological polar surface area (TPSA) is 35.2 Å². The summed E-state index contributed by atoms with van der Waals surface area (Å²) in [6.07, 6.45) is 11.0. The molecule has 3 saturated carbocycles. The largest absolute Gasteiger partial charge is 0.373 e. The van der Waals surface area contributed by atoms with Gasteiger partial charge in [0.2, 0.25) is 0 Å². The van der Waals surface area contributed by atoms with Gasteiger partial charge >= 0.3 is 0 Å². The first-order chi connectivity index (χ1) is 8.95. The van der Waals surface area contributed by atoms with Crippen molar-refractivity contribution >= 4 is 0 Å². The molecule has 0 spiro atoms. The van der Waals surface area contributed by atoms with Crippen molar-refractivity contribution in [2.75, 3.05) is 0 Å². The maximum absolute atomic E-state index is 6.59. The Morgan fingerprint density at radius 1 is 1.00 bits per heavy atom. The molecule has 3 rings (SSSR count). The summed E-state index contributed by atoms with van der Waals surface area (Å²) in [7, 11) is 0. The van der Waals surface area contributed by atoms with E-state index >= 15 is 0 Å². The predicted molar refractivity (Wildman–Crippen MR) is 79.0 cm³/mol. The monoisotopic (exact) mass is 265 g/mol. The zero-order chi connectivity index (χ0) is 13.7. The van der Waals surface area contributed by atoms with Crippen LogP contribution in [0.2, 0.25) is 0 Å². The Balaban J connectivity index is 1.71. The Morgan fingerprint density at radius 2 is 1.74 bits per heavy atom. The first-order valence-electron chi connectivity index (χ1n) is 8.36. The van der Waals surface area contributed by atoms with Crippen LogP contribution in [0.15, 0.2) is 0 Å². The van der Waals surface area contributed by atoms with Gasteiger partial charge in [-0.2, -0.15) is 0 Å². The third-order valence-corrected chi connectivity index (χ3v) is 7.06. The standard InChI is InChI=1S/C17H31NO/c1-16(2)12-9-10-17(16,3)15(11-12)19-14-8-6-4-5-7-13(14)18/h12-15H,4-11,18H2,1-3H3. The highest BCUT2D eigenvalue weighted by Crippen LogP contribution is 2.66. The minimum Gasteiger partial charge on any atom is -0.373 e. The van der Waals surface area contributed by atoms with Gasteiger partial charge in [-0.05, 0) is 48.9 Å². The number of rotatable bonds is 2. The van der Waals surface area contributed by atoms with E-state index in [4.69, 9.17) is 10.5 Å². The molecule has 5 unspecified atom stereocenters. The fourth-order valence-corrected chi connectivity index (χ4v) is 5.02. The summed E-state index contributed by atoms with van der Waals surface area (Å²) < 4.78 is 6.59. The number of nitrogens with two attached hydrogens (primary N) is 1. The maximum atomic E-state index is 6.59. The molecule has 3 aliphatic rings. The van der Waals surface area contributed by atoms with Crippen LogP contribution in [-0.4, -0.2) is 18.2 Å². The molecule has 3 fully saturated rings. The van der Waals surface area contributed by atoms with Crippen molar-refractivity contribution in [3.05, 3.63) is 0 Å². The summed E-state index contributed by atoms with van der Waals surface area (Å²) in [6.45, 7) is 7.38. The molecule has 0 aliphatic heterocycles. The molecule has 19 heavy (non-hydrogen) atoms. The highest BCUT2D eigenvalue weighted by molar-refractivity contribution is 5.11. The fraction of sp³-hybridized carbons (Fsp3) is 1.00. The summed E-state index contributed by atoms with van der Waals surface area (Å²) in [6, 6.07) is 0.272. The van der Waals surface area contributed by atoms with Gasteiger partial charge in [-0.25, -0.2) is 0 Å². The molecule has 5 atom stereocenters. The van der Waals surface area contributed by atoms with E-state index < -0.39 is 0 Å². The second-order valence-electron chi connectivity index (χ2n) is 8.08. The Labute approximate surface area is 118 Å². The Kier molecular flexibility index (Phi) is 3.46. The van der Waals surface area contributed by atoms with Crippen molar-refractivity contribution in [3.63, 3.8) is 0 Å². The summed E-state index contributed by atoms with van der Waals surface area (Å²) in [4.78, 5) is 0. The molecule has 110 valence electrons. The molecule has 3 aliphatic carbocycles. The normalized spacial score (nSPS) is 49.3. The van der Waals surface area contributed by atoms with Gasteiger partial charge < -0.3 is 10.5 Å². The van der Waals surface area contributed by atoms with Gasteiger partial charge in [-0.3, -0.25) is 0 Å². The molecule has 0 saturated heterocycles. The van der Waals surface area contributed by atoms with Crippen LogP contribution in [0, 0.1) is 16.7 Å². The molecule has 0 radical (unpaired) electrons. The van der Waals surface area contributed by atoms with Crippen molar-refractivity contribution in [2.24, 2.45) is 22.5 Å². The van der Waals surface area contributed by atoms with E-state index in [1.165, 1.54) is 44.9 Å². The first kappa shape index (κ1) is 13.9. The lowest BCUT2D eigenvalue weighted by Crippen LogP contribution is -2.44. The van der Waals surface area contributed by atoms with Crippen LogP contribution in [0.5, 0.6) is 0 Å². The van der Waals surface area contributed by atoms with Crippen molar-refractivity contribution in [3.8, 4) is 0 Å². The maximum Gasteiger partial charge on any atom is 0.0729 e. The summed E-state index contributed by atoms with van der Waals surface area (Å²) in [5, 5.41) is 0. The Bertz CT molecular complexity index is 340. The molecule has 2 nitrogen and oxygen atoms in total. The van der Waals surface area contributed by atoms with E-state index in [1.807, 2.05) is 0 Å². The lowest BCUT2D eigenvalue weighted by Gasteiger charge is -2.41. The number of hydrogen-bond donors (Lipinski definition) is 1. The molecule has 0 aromatic carbocycles. The van der Waals surface area contributed by atoms with Crippen LogP contribution in [-0.2, 0) is 4.74 Å². The first-order valence-corrected chi connectivity index (χ1v) is 8.36. The van der Waals surface area contributed by atoms with Crippen LogP contribution in [0.3, 0.4) is 0 Å². The fourth-order valence-electron chi connectivity index (χ4n) is 5.02. The van der Waals surface area contributed by atoms with Crippen LogP contribution in [0.25, 0.3) is 0 Å². The van der Waals surface area contributed by atoms with E-state index in [0.717, 1.165) is 12.3 Å². The number of ether oxygens (including phenoxy) is 1. The van der Waals surface area contributed by atoms with Crippen LogP contribution >= 0.6 is 0 Å². The van der Waals surface area contributed by atoms with Gasteiger partial charge in [0.05, 0.1) is 12.2 Å². The number of hydrogen-bond acceptors (Lipinski definition) is 2. The van der Waals surface area contributed by atoms with Crippen molar-refractivity contribution < 1.29 is 4.74 Å². The zero-order valence-corrected chi connectivity index (χ0v) is 13.0. The highest BCUT2D eigenvalue weighted by atomic mass is 16.5. The molecule has 2 N–H and O–H groups in total. The minimum absolute atomic E-state index is 0.272. The molecule has 0 heterocycles. The number of fused-ring (bicyclic) bond motifs is 2. The molecule has 2 heteroatoms. The molecular weight excluding hydrogens is 234 g/mol. The lowest BCUT2D eigenvalue weighted by atomic mass is 9.70. The van der Waals surface area contributed by atoms with Crippen molar-refractivity contribution in [2.45, 2.75) is 90.4 Å². The second kappa shape index (κ2) is 4.73. The van der Waals surface area contributed by atoms with Crippen LogP contribution < -0.4 is 5.73 Å². The van der Waals surface area contributed by atoms with Gasteiger partial charge in [-0.1, -0.05) is 40.0 Å². The average Bonchev–Trinajstić information content (AvgIpc) is 2.59. The van der Waals surface area contributed by atoms with Gasteiger partial charge in [0.1, 0.15) is 0 Å². The highest BCUT2D eigenvalue weighted by Gasteiger charge is 2.62. The van der Waals surface area contributed by atoms with Crippen molar-refractivity contribution in [1.82, 2.24) is 0 Å². The van der Waals surface area contributed by atoms with E-state index in [1.54, 1.807) is 0 Å². The SMILES string of the molecule is CC1(C)C2CCC1(C)C(OC1CCCCCC1N)C2.